The zero-order chi connectivity index (χ0) is 22.2. The van der Waals surface area contributed by atoms with E-state index in [-0.39, 0.29) is 0 Å². The number of pyridine rings is 1. The average molecular weight is 422 g/mol. The lowest BCUT2D eigenvalue weighted by molar-refractivity contribution is -0.133. The smallest absolute Gasteiger partial charge is 0.268 e. The zero-order valence-corrected chi connectivity index (χ0v) is 17.3. The Labute approximate surface area is 181 Å². The molecule has 1 fully saturated rings. The van der Waals surface area contributed by atoms with Crippen molar-refractivity contribution < 1.29 is 19.9 Å². The maximum atomic E-state index is 12.3. The number of nitrogens with one attached hydrogen (secondary N) is 2. The highest BCUT2D eigenvalue weighted by molar-refractivity contribution is 5.97. The molecular weight excluding hydrogens is 396 g/mol. The molecule has 3 rings (SSSR count). The van der Waals surface area contributed by atoms with Crippen LogP contribution in [0, 0.1) is 11.8 Å². The standard InChI is InChI=1S/C23H26N4O4/c1-16(28)21(23(30)26-31)25-22(29)19-10-7-17(8-11-19)5-6-18-9-12-20(24-15-18)27-13-3-2-4-14-27/h7-12,15-16,21,28,31H,2-4,13-14H2,1H3,(H,25,29)(H,26,30). The van der Waals surface area contributed by atoms with Crippen LogP contribution in [0.4, 0.5) is 5.82 Å². The van der Waals surface area contributed by atoms with Gasteiger partial charge >= 0.3 is 0 Å². The molecule has 2 atom stereocenters. The first-order chi connectivity index (χ1) is 15.0. The van der Waals surface area contributed by atoms with Gasteiger partial charge in [-0.1, -0.05) is 11.8 Å². The number of anilines is 1. The van der Waals surface area contributed by atoms with E-state index in [1.54, 1.807) is 30.5 Å². The van der Waals surface area contributed by atoms with Crippen molar-refractivity contribution in [2.45, 2.75) is 38.3 Å². The number of hydroxylamine groups is 1. The molecule has 2 amide bonds. The van der Waals surface area contributed by atoms with Crippen molar-refractivity contribution >= 4 is 17.6 Å². The Kier molecular flexibility index (Phi) is 7.60. The normalized spacial score (nSPS) is 15.3. The van der Waals surface area contributed by atoms with Crippen LogP contribution in [0.5, 0.6) is 0 Å². The fraction of sp³-hybridized carbons (Fsp3) is 0.348. The molecule has 2 heterocycles. The van der Waals surface area contributed by atoms with Gasteiger partial charge in [-0.3, -0.25) is 14.8 Å². The molecule has 2 unspecified atom stereocenters. The van der Waals surface area contributed by atoms with E-state index in [1.165, 1.54) is 31.7 Å². The summed E-state index contributed by atoms with van der Waals surface area (Å²) in [5.41, 5.74) is 3.25. The average Bonchev–Trinajstić information content (AvgIpc) is 2.81. The minimum absolute atomic E-state index is 0.300. The first-order valence-corrected chi connectivity index (χ1v) is 10.2. The minimum atomic E-state index is -1.27. The van der Waals surface area contributed by atoms with Crippen LogP contribution >= 0.6 is 0 Å². The molecule has 8 heteroatoms. The number of piperidine rings is 1. The van der Waals surface area contributed by atoms with Crippen molar-refractivity contribution in [2.24, 2.45) is 0 Å². The van der Waals surface area contributed by atoms with E-state index in [0.717, 1.165) is 30.0 Å². The summed E-state index contributed by atoms with van der Waals surface area (Å²) >= 11 is 0. The summed E-state index contributed by atoms with van der Waals surface area (Å²) in [5, 5.41) is 20.7. The van der Waals surface area contributed by atoms with Crippen LogP contribution in [0.25, 0.3) is 0 Å². The van der Waals surface area contributed by atoms with Crippen molar-refractivity contribution in [3.05, 3.63) is 59.3 Å². The maximum Gasteiger partial charge on any atom is 0.268 e. The van der Waals surface area contributed by atoms with Crippen LogP contribution in [0.1, 0.15) is 47.7 Å². The summed E-state index contributed by atoms with van der Waals surface area (Å²) in [7, 11) is 0. The Bertz CT molecular complexity index is 956. The Morgan fingerprint density at radius 1 is 1.03 bits per heavy atom. The van der Waals surface area contributed by atoms with Gasteiger partial charge in [0.25, 0.3) is 11.8 Å². The lowest BCUT2D eigenvalue weighted by Gasteiger charge is -2.27. The largest absolute Gasteiger partial charge is 0.391 e. The Hall–Kier alpha value is -3.41. The molecule has 162 valence electrons. The third-order valence-corrected chi connectivity index (χ3v) is 5.09. The molecule has 0 aliphatic carbocycles. The van der Waals surface area contributed by atoms with Crippen molar-refractivity contribution in [3.8, 4) is 11.8 Å². The van der Waals surface area contributed by atoms with Gasteiger partial charge in [-0.2, -0.15) is 0 Å². The van der Waals surface area contributed by atoms with E-state index < -0.39 is 24.0 Å². The summed E-state index contributed by atoms with van der Waals surface area (Å²) in [6.45, 7) is 3.42. The summed E-state index contributed by atoms with van der Waals surface area (Å²) in [5.74, 6) is 5.63. The molecular formula is C23H26N4O4. The highest BCUT2D eigenvalue weighted by Gasteiger charge is 2.25. The van der Waals surface area contributed by atoms with Gasteiger partial charge < -0.3 is 15.3 Å². The summed E-state index contributed by atoms with van der Waals surface area (Å²) in [6, 6.07) is 9.22. The number of aliphatic hydroxyl groups is 1. The minimum Gasteiger partial charge on any atom is -0.391 e. The second-order valence-corrected chi connectivity index (χ2v) is 7.45. The van der Waals surface area contributed by atoms with Gasteiger partial charge in [0.05, 0.1) is 6.10 Å². The Balaban J connectivity index is 1.62. The van der Waals surface area contributed by atoms with Crippen molar-refractivity contribution in [2.75, 3.05) is 18.0 Å². The van der Waals surface area contributed by atoms with E-state index in [4.69, 9.17) is 5.21 Å². The Morgan fingerprint density at radius 3 is 2.26 bits per heavy atom. The fourth-order valence-corrected chi connectivity index (χ4v) is 3.32. The molecule has 1 aliphatic heterocycles. The molecule has 1 saturated heterocycles. The number of rotatable bonds is 5. The molecule has 1 aliphatic rings. The second kappa shape index (κ2) is 10.6. The molecule has 0 spiro atoms. The number of benzene rings is 1. The van der Waals surface area contributed by atoms with Gasteiger partial charge in [0, 0.05) is 36.0 Å². The predicted molar refractivity (Wildman–Crippen MR) is 116 cm³/mol. The van der Waals surface area contributed by atoms with Crippen LogP contribution in [-0.4, -0.2) is 52.3 Å². The monoisotopic (exact) mass is 422 g/mol. The molecule has 4 N–H and O–H groups in total. The van der Waals surface area contributed by atoms with Gasteiger partial charge in [0.15, 0.2) is 0 Å². The predicted octanol–water partition coefficient (Wildman–Crippen LogP) is 1.46. The molecule has 0 saturated carbocycles. The van der Waals surface area contributed by atoms with Crippen LogP contribution in [-0.2, 0) is 4.79 Å². The van der Waals surface area contributed by atoms with Gasteiger partial charge in [-0.05, 0) is 62.6 Å². The van der Waals surface area contributed by atoms with E-state index >= 15 is 0 Å². The number of aromatic nitrogens is 1. The number of carbonyl (C=O) groups is 2. The quantitative estimate of drug-likeness (QED) is 0.329. The van der Waals surface area contributed by atoms with E-state index in [0.29, 0.717) is 5.56 Å². The summed E-state index contributed by atoms with van der Waals surface area (Å²) in [4.78, 5) is 30.6. The van der Waals surface area contributed by atoms with Crippen LogP contribution < -0.4 is 15.7 Å². The highest BCUT2D eigenvalue weighted by atomic mass is 16.5. The highest BCUT2D eigenvalue weighted by Crippen LogP contribution is 2.17. The SMILES string of the molecule is CC(O)C(NC(=O)c1ccc(C#Cc2ccc(N3CCCCC3)nc2)cc1)C(=O)NO. The van der Waals surface area contributed by atoms with Crippen molar-refractivity contribution in [3.63, 3.8) is 0 Å². The third kappa shape index (κ3) is 6.04. The third-order valence-electron chi connectivity index (χ3n) is 5.09. The Morgan fingerprint density at radius 2 is 1.68 bits per heavy atom. The van der Waals surface area contributed by atoms with Crippen LogP contribution in [0.15, 0.2) is 42.6 Å². The molecule has 1 aromatic carbocycles. The zero-order valence-electron chi connectivity index (χ0n) is 17.3. The van der Waals surface area contributed by atoms with Gasteiger partial charge in [0.1, 0.15) is 11.9 Å². The number of hydrogen-bond acceptors (Lipinski definition) is 6. The van der Waals surface area contributed by atoms with Crippen LogP contribution in [0.3, 0.4) is 0 Å². The van der Waals surface area contributed by atoms with Gasteiger partial charge in [0.2, 0.25) is 0 Å². The van der Waals surface area contributed by atoms with Gasteiger partial charge in [-0.25, -0.2) is 10.5 Å². The van der Waals surface area contributed by atoms with Crippen LogP contribution in [0.2, 0.25) is 0 Å². The number of aliphatic hydroxyl groups excluding tert-OH is 1. The van der Waals surface area contributed by atoms with Crippen molar-refractivity contribution in [1.29, 1.82) is 0 Å². The maximum absolute atomic E-state index is 12.3. The molecule has 1 aromatic heterocycles. The summed E-state index contributed by atoms with van der Waals surface area (Å²) in [6.07, 6.45) is 4.27. The first kappa shape index (κ1) is 22.3. The lowest BCUT2D eigenvalue weighted by Crippen LogP contribution is -2.51. The molecule has 2 aromatic rings. The summed E-state index contributed by atoms with van der Waals surface area (Å²) < 4.78 is 0. The van der Waals surface area contributed by atoms with E-state index in [1.807, 2.05) is 12.1 Å². The van der Waals surface area contributed by atoms with E-state index in [2.05, 4.69) is 27.0 Å². The van der Waals surface area contributed by atoms with Gasteiger partial charge in [-0.15, -0.1) is 0 Å². The topological polar surface area (TPSA) is 115 Å². The number of carbonyl (C=O) groups excluding carboxylic acids is 2. The fourth-order valence-electron chi connectivity index (χ4n) is 3.32. The second-order valence-electron chi connectivity index (χ2n) is 7.45. The van der Waals surface area contributed by atoms with Crippen molar-refractivity contribution in [1.82, 2.24) is 15.8 Å². The lowest BCUT2D eigenvalue weighted by atomic mass is 10.1. The first-order valence-electron chi connectivity index (χ1n) is 10.2. The molecule has 0 radical (unpaired) electrons. The van der Waals surface area contributed by atoms with E-state index in [9.17, 15) is 14.7 Å². The molecule has 31 heavy (non-hydrogen) atoms. The molecule has 0 bridgehead atoms. The number of hydrogen-bond donors (Lipinski definition) is 4. The number of amides is 2. The number of nitrogens with zero attached hydrogens (tertiary/aromatic N) is 2. The molecule has 8 nitrogen and oxygen atoms in total.